The van der Waals surface area contributed by atoms with Crippen LogP contribution in [-0.2, 0) is 10.1 Å². The van der Waals surface area contributed by atoms with Crippen molar-refractivity contribution < 1.29 is 4.74 Å². The molecule has 1 saturated heterocycles. The minimum atomic E-state index is -0.0723. The maximum Gasteiger partial charge on any atom is 0.0805 e. The fraction of sp³-hybridized carbons (Fsp3) is 0.571. The number of rotatable bonds is 2. The number of halogens is 1. The third-order valence-electron chi connectivity index (χ3n) is 3.05. The Balaban J connectivity index is 2.27. The van der Waals surface area contributed by atoms with E-state index in [0.717, 1.165) is 18.4 Å². The average molecular weight is 298 g/mol. The zero-order valence-corrected chi connectivity index (χ0v) is 12.3. The molecule has 3 heteroatoms. The summed E-state index contributed by atoms with van der Waals surface area (Å²) < 4.78 is 5.95. The van der Waals surface area contributed by atoms with Crippen LogP contribution in [0, 0.1) is 0 Å². The number of ether oxygens (including phenoxy) is 1. The molecule has 2 nitrogen and oxygen atoms in total. The number of morpholine rings is 1. The zero-order chi connectivity index (χ0) is 12.5. The van der Waals surface area contributed by atoms with Gasteiger partial charge in [0, 0.05) is 24.1 Å². The van der Waals surface area contributed by atoms with E-state index in [4.69, 9.17) is 4.74 Å². The van der Waals surface area contributed by atoms with Crippen LogP contribution in [-0.4, -0.2) is 24.8 Å². The lowest BCUT2D eigenvalue weighted by Gasteiger charge is -2.43. The van der Waals surface area contributed by atoms with Gasteiger partial charge in [0.2, 0.25) is 0 Å². The second-order valence-electron chi connectivity index (χ2n) is 5.33. The first-order chi connectivity index (χ1) is 8.02. The van der Waals surface area contributed by atoms with Crippen LogP contribution in [0.25, 0.3) is 0 Å². The summed E-state index contributed by atoms with van der Waals surface area (Å²) in [5.74, 6) is 0. The monoisotopic (exact) mass is 297 g/mol. The van der Waals surface area contributed by atoms with Gasteiger partial charge in [-0.05, 0) is 32.4 Å². The van der Waals surface area contributed by atoms with Gasteiger partial charge in [0.05, 0.1) is 11.7 Å². The molecule has 0 saturated carbocycles. The average Bonchev–Trinajstić information content (AvgIpc) is 2.26. The van der Waals surface area contributed by atoms with E-state index in [9.17, 15) is 0 Å². The minimum absolute atomic E-state index is 0.0723. The van der Waals surface area contributed by atoms with Gasteiger partial charge in [-0.3, -0.25) is 0 Å². The number of hydrogen-bond donors (Lipinski definition) is 0. The van der Waals surface area contributed by atoms with Crippen molar-refractivity contribution in [3.8, 4) is 0 Å². The molecule has 1 unspecified atom stereocenters. The molecule has 0 radical (unpaired) electrons. The fourth-order valence-corrected chi connectivity index (χ4v) is 3.04. The van der Waals surface area contributed by atoms with Crippen LogP contribution >= 0.6 is 15.9 Å². The first-order valence-corrected chi connectivity index (χ1v) is 7.20. The maximum absolute atomic E-state index is 5.95. The molecule has 0 bridgehead atoms. The van der Waals surface area contributed by atoms with E-state index in [1.807, 2.05) is 0 Å². The topological polar surface area (TPSA) is 12.5 Å². The molecule has 0 amide bonds. The van der Waals surface area contributed by atoms with Gasteiger partial charge in [0.15, 0.2) is 0 Å². The standard InChI is InChI=1S/C14H20BrNO/c1-11-9-16(10-14(2,3)17-11)13-7-5-4-6-12(13)8-15/h4-7,11H,8-10H2,1-3H3. The van der Waals surface area contributed by atoms with Gasteiger partial charge in [-0.2, -0.15) is 0 Å². The highest BCUT2D eigenvalue weighted by molar-refractivity contribution is 9.08. The van der Waals surface area contributed by atoms with E-state index in [1.165, 1.54) is 11.3 Å². The summed E-state index contributed by atoms with van der Waals surface area (Å²) in [5.41, 5.74) is 2.60. The molecule has 0 aliphatic carbocycles. The van der Waals surface area contributed by atoms with Crippen LogP contribution in [0.3, 0.4) is 0 Å². The van der Waals surface area contributed by atoms with Gasteiger partial charge in [-0.1, -0.05) is 34.1 Å². The smallest absolute Gasteiger partial charge is 0.0805 e. The molecule has 1 aromatic rings. The third-order valence-corrected chi connectivity index (χ3v) is 3.65. The number of hydrogen-bond acceptors (Lipinski definition) is 2. The van der Waals surface area contributed by atoms with Gasteiger partial charge in [0.25, 0.3) is 0 Å². The highest BCUT2D eigenvalue weighted by Crippen LogP contribution is 2.29. The molecule has 17 heavy (non-hydrogen) atoms. The Bertz CT molecular complexity index is 392. The molecule has 1 aliphatic rings. The van der Waals surface area contributed by atoms with Crippen molar-refractivity contribution in [3.05, 3.63) is 29.8 Å². The van der Waals surface area contributed by atoms with E-state index < -0.39 is 0 Å². The van der Waals surface area contributed by atoms with E-state index in [-0.39, 0.29) is 11.7 Å². The van der Waals surface area contributed by atoms with Gasteiger partial charge >= 0.3 is 0 Å². The Hall–Kier alpha value is -0.540. The van der Waals surface area contributed by atoms with E-state index >= 15 is 0 Å². The third kappa shape index (κ3) is 3.02. The molecule has 1 atom stereocenters. The van der Waals surface area contributed by atoms with Crippen LogP contribution in [0.2, 0.25) is 0 Å². The number of benzene rings is 1. The summed E-state index contributed by atoms with van der Waals surface area (Å²) in [6.45, 7) is 8.37. The van der Waals surface area contributed by atoms with Gasteiger partial charge in [0.1, 0.15) is 0 Å². The summed E-state index contributed by atoms with van der Waals surface area (Å²) in [7, 11) is 0. The molecule has 2 rings (SSSR count). The van der Waals surface area contributed by atoms with E-state index in [2.05, 4.69) is 65.9 Å². The van der Waals surface area contributed by atoms with E-state index in [1.54, 1.807) is 0 Å². The molecule has 0 N–H and O–H groups in total. The highest BCUT2D eigenvalue weighted by Gasteiger charge is 2.31. The molecule has 1 aliphatic heterocycles. The Labute approximate surface area is 112 Å². The summed E-state index contributed by atoms with van der Waals surface area (Å²) in [5, 5.41) is 0.898. The normalized spacial score (nSPS) is 23.8. The molecule has 94 valence electrons. The molecule has 1 fully saturated rings. The number of alkyl halides is 1. The van der Waals surface area contributed by atoms with Crippen LogP contribution in [0.5, 0.6) is 0 Å². The molecule has 1 aromatic carbocycles. The molecule has 0 spiro atoms. The zero-order valence-electron chi connectivity index (χ0n) is 10.7. The largest absolute Gasteiger partial charge is 0.369 e. The van der Waals surface area contributed by atoms with Crippen LogP contribution in [0.4, 0.5) is 5.69 Å². The van der Waals surface area contributed by atoms with Gasteiger partial charge in [-0.25, -0.2) is 0 Å². The molecule has 1 heterocycles. The van der Waals surface area contributed by atoms with Crippen LogP contribution < -0.4 is 4.90 Å². The van der Waals surface area contributed by atoms with Crippen molar-refractivity contribution in [3.63, 3.8) is 0 Å². The summed E-state index contributed by atoms with van der Waals surface area (Å²) in [6, 6.07) is 8.58. The van der Waals surface area contributed by atoms with Gasteiger partial charge < -0.3 is 9.64 Å². The van der Waals surface area contributed by atoms with Crippen molar-refractivity contribution in [1.29, 1.82) is 0 Å². The van der Waals surface area contributed by atoms with Crippen molar-refractivity contribution in [2.75, 3.05) is 18.0 Å². The van der Waals surface area contributed by atoms with Crippen LogP contribution in [0.1, 0.15) is 26.3 Å². The van der Waals surface area contributed by atoms with Crippen molar-refractivity contribution in [2.24, 2.45) is 0 Å². The number of nitrogens with zero attached hydrogens (tertiary/aromatic N) is 1. The fourth-order valence-electron chi connectivity index (χ4n) is 2.57. The predicted molar refractivity (Wildman–Crippen MR) is 75.9 cm³/mol. The lowest BCUT2D eigenvalue weighted by Crippen LogP contribution is -2.52. The highest BCUT2D eigenvalue weighted by atomic mass is 79.9. The molecular formula is C14H20BrNO. The summed E-state index contributed by atoms with van der Waals surface area (Å²) in [6.07, 6.45) is 0.280. The molecule has 0 aromatic heterocycles. The Morgan fingerprint density at radius 2 is 2.12 bits per heavy atom. The maximum atomic E-state index is 5.95. The van der Waals surface area contributed by atoms with Crippen LogP contribution in [0.15, 0.2) is 24.3 Å². The SMILES string of the molecule is CC1CN(c2ccccc2CBr)CC(C)(C)O1. The first-order valence-electron chi connectivity index (χ1n) is 6.08. The van der Waals surface area contributed by atoms with Gasteiger partial charge in [-0.15, -0.1) is 0 Å². The second-order valence-corrected chi connectivity index (χ2v) is 5.89. The van der Waals surface area contributed by atoms with Crippen molar-refractivity contribution in [1.82, 2.24) is 0 Å². The summed E-state index contributed by atoms with van der Waals surface area (Å²) >= 11 is 3.56. The summed E-state index contributed by atoms with van der Waals surface area (Å²) in [4.78, 5) is 2.44. The number of para-hydroxylation sites is 1. The molecular weight excluding hydrogens is 278 g/mol. The lowest BCUT2D eigenvalue weighted by molar-refractivity contribution is -0.0750. The Morgan fingerprint density at radius 3 is 2.76 bits per heavy atom. The lowest BCUT2D eigenvalue weighted by atomic mass is 10.0. The van der Waals surface area contributed by atoms with Crippen molar-refractivity contribution in [2.45, 2.75) is 37.8 Å². The Kier molecular flexibility index (Phi) is 3.79. The Morgan fingerprint density at radius 1 is 1.41 bits per heavy atom. The van der Waals surface area contributed by atoms with Crippen molar-refractivity contribution >= 4 is 21.6 Å². The quantitative estimate of drug-likeness (QED) is 0.774. The minimum Gasteiger partial charge on any atom is -0.369 e. The van der Waals surface area contributed by atoms with E-state index in [0.29, 0.717) is 0 Å². The second kappa shape index (κ2) is 4.99. The predicted octanol–water partition coefficient (Wildman–Crippen LogP) is 3.59. The first kappa shape index (κ1) is 12.9. The number of anilines is 1.